The molecule has 0 aliphatic carbocycles. The van der Waals surface area contributed by atoms with Crippen LogP contribution in [0.5, 0.6) is 0 Å². The van der Waals surface area contributed by atoms with Crippen LogP contribution in [0.2, 0.25) is 0 Å². The fourth-order valence-corrected chi connectivity index (χ4v) is 3.76. The van der Waals surface area contributed by atoms with Crippen molar-refractivity contribution in [3.05, 3.63) is 66.4 Å². The number of benzene rings is 2. The van der Waals surface area contributed by atoms with E-state index >= 15 is 0 Å². The molecule has 1 aliphatic rings. The number of hydrogen-bond donors (Lipinski definition) is 0. The van der Waals surface area contributed by atoms with E-state index in [2.05, 4.69) is 34.3 Å². The lowest BCUT2D eigenvalue weighted by atomic mass is 10.1. The molecule has 0 N–H and O–H groups in total. The maximum atomic E-state index is 5.50. The van der Waals surface area contributed by atoms with E-state index in [1.165, 1.54) is 10.6 Å². The van der Waals surface area contributed by atoms with E-state index in [4.69, 9.17) is 4.52 Å². The molecule has 4 heteroatoms. The smallest absolute Gasteiger partial charge is 0.167 e. The van der Waals surface area contributed by atoms with Gasteiger partial charge in [-0.25, -0.2) is 0 Å². The summed E-state index contributed by atoms with van der Waals surface area (Å²) in [7, 11) is 0. The van der Waals surface area contributed by atoms with Crippen molar-refractivity contribution in [2.24, 2.45) is 0 Å². The zero-order chi connectivity index (χ0) is 14.8. The van der Waals surface area contributed by atoms with E-state index < -0.39 is 0 Å². The Bertz CT molecular complexity index is 770. The molecule has 2 heterocycles. The van der Waals surface area contributed by atoms with Gasteiger partial charge in [0.2, 0.25) is 0 Å². The van der Waals surface area contributed by atoms with Crippen molar-refractivity contribution >= 4 is 17.4 Å². The second kappa shape index (κ2) is 5.89. The van der Waals surface area contributed by atoms with Crippen LogP contribution in [0.3, 0.4) is 0 Å². The molecule has 0 amide bonds. The molecular weight excluding hydrogens is 292 g/mol. The fourth-order valence-electron chi connectivity index (χ4n) is 2.71. The van der Waals surface area contributed by atoms with Gasteiger partial charge in [0.1, 0.15) is 5.69 Å². The van der Waals surface area contributed by atoms with Crippen molar-refractivity contribution in [3.63, 3.8) is 0 Å². The number of para-hydroxylation sites is 1. The summed E-state index contributed by atoms with van der Waals surface area (Å²) in [5.74, 6) is 1.94. The van der Waals surface area contributed by atoms with Crippen molar-refractivity contribution in [1.29, 1.82) is 0 Å². The molecule has 2 aromatic carbocycles. The Morgan fingerprint density at radius 2 is 1.86 bits per heavy atom. The average Bonchev–Trinajstić information content (AvgIpc) is 3.05. The molecule has 1 aromatic heterocycles. The van der Waals surface area contributed by atoms with Crippen LogP contribution in [0.25, 0.3) is 11.3 Å². The van der Waals surface area contributed by atoms with E-state index in [0.717, 1.165) is 35.9 Å². The Morgan fingerprint density at radius 1 is 1.05 bits per heavy atom. The predicted molar refractivity (Wildman–Crippen MR) is 90.2 cm³/mol. The first-order valence-electron chi connectivity index (χ1n) is 7.38. The molecule has 0 radical (unpaired) electrons. The lowest BCUT2D eigenvalue weighted by Gasteiger charge is -2.29. The number of hydrogen-bond acceptors (Lipinski definition) is 4. The van der Waals surface area contributed by atoms with E-state index in [1.54, 1.807) is 0 Å². The minimum Gasteiger partial charge on any atom is -0.364 e. The number of anilines is 1. The monoisotopic (exact) mass is 308 g/mol. The van der Waals surface area contributed by atoms with Crippen molar-refractivity contribution in [2.75, 3.05) is 17.2 Å². The minimum absolute atomic E-state index is 0.786. The van der Waals surface area contributed by atoms with Gasteiger partial charge in [-0.15, -0.1) is 11.8 Å². The Morgan fingerprint density at radius 3 is 2.77 bits per heavy atom. The van der Waals surface area contributed by atoms with Gasteiger partial charge in [0, 0.05) is 28.8 Å². The quantitative estimate of drug-likeness (QED) is 0.714. The SMILES string of the molecule is c1ccc(-c2cc(CN3CCSc4ccccc43)no2)cc1. The third kappa shape index (κ3) is 2.62. The van der Waals surface area contributed by atoms with Gasteiger partial charge < -0.3 is 9.42 Å². The molecule has 0 bridgehead atoms. The normalized spacial score (nSPS) is 13.9. The second-order valence-electron chi connectivity index (χ2n) is 5.29. The summed E-state index contributed by atoms with van der Waals surface area (Å²) in [6, 6.07) is 20.7. The molecule has 0 fully saturated rings. The summed E-state index contributed by atoms with van der Waals surface area (Å²) >= 11 is 1.92. The Hall–Kier alpha value is -2.20. The van der Waals surface area contributed by atoms with Crippen molar-refractivity contribution in [3.8, 4) is 11.3 Å². The average molecular weight is 308 g/mol. The van der Waals surface area contributed by atoms with Gasteiger partial charge in [-0.05, 0) is 12.1 Å². The van der Waals surface area contributed by atoms with E-state index in [1.807, 2.05) is 48.2 Å². The highest BCUT2D eigenvalue weighted by Gasteiger charge is 2.18. The highest BCUT2D eigenvalue weighted by molar-refractivity contribution is 7.99. The van der Waals surface area contributed by atoms with Crippen LogP contribution in [-0.4, -0.2) is 17.5 Å². The molecule has 0 spiro atoms. The Labute approximate surface area is 133 Å². The molecule has 0 unspecified atom stereocenters. The number of fused-ring (bicyclic) bond motifs is 1. The summed E-state index contributed by atoms with van der Waals surface area (Å²) in [6.07, 6.45) is 0. The third-order valence-electron chi connectivity index (χ3n) is 3.79. The Kier molecular flexibility index (Phi) is 3.60. The molecule has 0 atom stereocenters. The van der Waals surface area contributed by atoms with Crippen LogP contribution in [0.15, 0.2) is 70.1 Å². The maximum absolute atomic E-state index is 5.50. The van der Waals surface area contributed by atoms with Gasteiger partial charge in [-0.1, -0.05) is 47.6 Å². The summed E-state index contributed by atoms with van der Waals surface area (Å²) in [5.41, 5.74) is 3.33. The topological polar surface area (TPSA) is 29.3 Å². The molecule has 0 saturated heterocycles. The first kappa shape index (κ1) is 13.5. The molecule has 22 heavy (non-hydrogen) atoms. The molecule has 110 valence electrons. The van der Waals surface area contributed by atoms with Crippen LogP contribution < -0.4 is 4.90 Å². The lowest BCUT2D eigenvalue weighted by molar-refractivity contribution is 0.423. The molecule has 0 saturated carbocycles. The summed E-state index contributed by atoms with van der Waals surface area (Å²) in [5, 5.41) is 4.24. The largest absolute Gasteiger partial charge is 0.364 e. The molecular formula is C18H16N2OS. The first-order valence-corrected chi connectivity index (χ1v) is 8.36. The summed E-state index contributed by atoms with van der Waals surface area (Å²) < 4.78 is 5.50. The van der Waals surface area contributed by atoms with Gasteiger partial charge in [0.15, 0.2) is 5.76 Å². The van der Waals surface area contributed by atoms with E-state index in [0.29, 0.717) is 0 Å². The highest BCUT2D eigenvalue weighted by atomic mass is 32.2. The summed E-state index contributed by atoms with van der Waals surface area (Å²) in [6.45, 7) is 1.82. The number of aromatic nitrogens is 1. The Balaban J connectivity index is 1.57. The van der Waals surface area contributed by atoms with Gasteiger partial charge in [-0.3, -0.25) is 0 Å². The lowest BCUT2D eigenvalue weighted by Crippen LogP contribution is -2.28. The van der Waals surface area contributed by atoms with E-state index in [9.17, 15) is 0 Å². The van der Waals surface area contributed by atoms with Gasteiger partial charge in [0.25, 0.3) is 0 Å². The van der Waals surface area contributed by atoms with Crippen LogP contribution in [0, 0.1) is 0 Å². The zero-order valence-electron chi connectivity index (χ0n) is 12.1. The van der Waals surface area contributed by atoms with Crippen molar-refractivity contribution in [2.45, 2.75) is 11.4 Å². The highest BCUT2D eigenvalue weighted by Crippen LogP contribution is 2.35. The second-order valence-corrected chi connectivity index (χ2v) is 6.42. The molecule has 3 nitrogen and oxygen atoms in total. The zero-order valence-corrected chi connectivity index (χ0v) is 12.9. The predicted octanol–water partition coefficient (Wildman–Crippen LogP) is 4.45. The molecule has 3 aromatic rings. The van der Waals surface area contributed by atoms with E-state index in [-0.39, 0.29) is 0 Å². The third-order valence-corrected chi connectivity index (χ3v) is 4.84. The van der Waals surface area contributed by atoms with Crippen LogP contribution in [0.1, 0.15) is 5.69 Å². The number of rotatable bonds is 3. The van der Waals surface area contributed by atoms with Crippen molar-refractivity contribution in [1.82, 2.24) is 5.16 Å². The standard InChI is InChI=1S/C18H16N2OS/c1-2-6-14(7-3-1)17-12-15(19-21-17)13-20-10-11-22-18-9-5-4-8-16(18)20/h1-9,12H,10-11,13H2. The maximum Gasteiger partial charge on any atom is 0.167 e. The van der Waals surface area contributed by atoms with Gasteiger partial charge in [0.05, 0.1) is 12.2 Å². The van der Waals surface area contributed by atoms with Gasteiger partial charge >= 0.3 is 0 Å². The van der Waals surface area contributed by atoms with Crippen LogP contribution >= 0.6 is 11.8 Å². The van der Waals surface area contributed by atoms with Gasteiger partial charge in [-0.2, -0.15) is 0 Å². The molecule has 1 aliphatic heterocycles. The molecule has 4 rings (SSSR count). The van der Waals surface area contributed by atoms with Crippen LogP contribution in [-0.2, 0) is 6.54 Å². The number of thioether (sulfide) groups is 1. The van der Waals surface area contributed by atoms with Crippen molar-refractivity contribution < 1.29 is 4.52 Å². The first-order chi connectivity index (χ1) is 10.9. The summed E-state index contributed by atoms with van der Waals surface area (Å²) in [4.78, 5) is 3.72. The minimum atomic E-state index is 0.786. The number of nitrogens with zero attached hydrogens (tertiary/aromatic N) is 2. The van der Waals surface area contributed by atoms with Crippen LogP contribution in [0.4, 0.5) is 5.69 Å². The fraction of sp³-hybridized carbons (Fsp3) is 0.167.